The van der Waals surface area contributed by atoms with Gasteiger partial charge in [-0.1, -0.05) is 32.9 Å². The second-order valence-corrected chi connectivity index (χ2v) is 9.32. The van der Waals surface area contributed by atoms with Gasteiger partial charge < -0.3 is 14.5 Å². The number of nitrogens with zero attached hydrogens (tertiary/aromatic N) is 2. The molecule has 2 aliphatic heterocycles. The first kappa shape index (κ1) is 21.3. The molecular weight excluding hydrogens is 368 g/mol. The van der Waals surface area contributed by atoms with E-state index >= 15 is 0 Å². The summed E-state index contributed by atoms with van der Waals surface area (Å²) >= 11 is 0. The lowest BCUT2D eigenvalue weighted by Crippen LogP contribution is -2.47. The highest BCUT2D eigenvalue weighted by molar-refractivity contribution is 5.95. The molecule has 1 fully saturated rings. The van der Waals surface area contributed by atoms with Gasteiger partial charge in [0.05, 0.1) is 13.5 Å². The van der Waals surface area contributed by atoms with Crippen molar-refractivity contribution in [1.82, 2.24) is 4.90 Å². The maximum absolute atomic E-state index is 12.5. The minimum atomic E-state index is -0.358. The average molecular weight is 401 g/mol. The highest BCUT2D eigenvalue weighted by atomic mass is 16.5. The molecule has 1 aromatic carbocycles. The molecule has 0 unspecified atom stereocenters. The molecule has 0 N–H and O–H groups in total. The number of benzene rings is 1. The fraction of sp³-hybridized carbons (Fsp3) is 0.609. The summed E-state index contributed by atoms with van der Waals surface area (Å²) in [5.74, 6) is -0.304. The summed E-state index contributed by atoms with van der Waals surface area (Å²) < 4.78 is 4.63. The lowest BCUT2D eigenvalue weighted by atomic mass is 9.72. The van der Waals surface area contributed by atoms with Gasteiger partial charge in [-0.15, -0.1) is 0 Å². The van der Waals surface area contributed by atoms with E-state index in [-0.39, 0.29) is 41.5 Å². The molecule has 0 radical (unpaired) electrons. The van der Waals surface area contributed by atoms with Crippen molar-refractivity contribution in [1.29, 1.82) is 0 Å². The van der Waals surface area contributed by atoms with Crippen LogP contribution in [0.15, 0.2) is 18.2 Å². The zero-order valence-corrected chi connectivity index (χ0v) is 18.2. The van der Waals surface area contributed by atoms with E-state index in [0.717, 1.165) is 18.5 Å². The Hall–Kier alpha value is -2.37. The maximum Gasteiger partial charge on any atom is 0.306 e. The van der Waals surface area contributed by atoms with Crippen molar-refractivity contribution in [3.63, 3.8) is 0 Å². The molecule has 2 amide bonds. The van der Waals surface area contributed by atoms with Crippen LogP contribution in [0.4, 0.5) is 5.69 Å². The number of fused-ring (bicyclic) bond motifs is 2. The van der Waals surface area contributed by atoms with E-state index in [4.69, 9.17) is 0 Å². The highest BCUT2D eigenvalue weighted by Crippen LogP contribution is 2.48. The number of ether oxygens (including phenoxy) is 1. The maximum atomic E-state index is 12.5. The number of esters is 1. The van der Waals surface area contributed by atoms with Crippen LogP contribution >= 0.6 is 0 Å². The van der Waals surface area contributed by atoms with Crippen LogP contribution in [0.2, 0.25) is 0 Å². The molecule has 1 saturated heterocycles. The molecule has 2 heterocycles. The summed E-state index contributed by atoms with van der Waals surface area (Å²) in [7, 11) is 1.33. The van der Waals surface area contributed by atoms with Gasteiger partial charge in [-0.3, -0.25) is 14.4 Å². The normalized spacial score (nSPS) is 18.0. The molecule has 1 aromatic rings. The second-order valence-electron chi connectivity index (χ2n) is 9.32. The number of piperidine rings is 1. The molecule has 1 spiro atoms. The number of rotatable bonds is 3. The van der Waals surface area contributed by atoms with E-state index in [0.29, 0.717) is 19.6 Å². The Labute approximate surface area is 173 Å². The number of carbonyl (C=O) groups is 3. The van der Waals surface area contributed by atoms with E-state index in [2.05, 4.69) is 43.7 Å². The molecule has 6 heteroatoms. The third kappa shape index (κ3) is 4.16. The Morgan fingerprint density at radius 2 is 1.76 bits per heavy atom. The van der Waals surface area contributed by atoms with Crippen LogP contribution in [0, 0.1) is 0 Å². The quantitative estimate of drug-likeness (QED) is 0.731. The first-order chi connectivity index (χ1) is 13.6. The first-order valence-corrected chi connectivity index (χ1v) is 10.4. The number of hydrogen-bond acceptors (Lipinski definition) is 4. The molecule has 0 aliphatic carbocycles. The van der Waals surface area contributed by atoms with Gasteiger partial charge in [-0.25, -0.2) is 0 Å². The number of amides is 2. The molecule has 0 atom stereocenters. The van der Waals surface area contributed by atoms with Gasteiger partial charge in [0, 0.05) is 44.1 Å². The molecule has 0 saturated carbocycles. The topological polar surface area (TPSA) is 66.9 Å². The molecule has 2 aliphatic rings. The van der Waals surface area contributed by atoms with E-state index in [1.54, 1.807) is 6.92 Å². The lowest BCUT2D eigenvalue weighted by molar-refractivity contribution is -0.144. The number of carbonyl (C=O) groups excluding carboxylic acids is 3. The van der Waals surface area contributed by atoms with E-state index in [1.165, 1.54) is 18.2 Å². The van der Waals surface area contributed by atoms with Gasteiger partial charge in [-0.2, -0.15) is 0 Å². The summed E-state index contributed by atoms with van der Waals surface area (Å²) in [6.45, 7) is 10.2. The van der Waals surface area contributed by atoms with Crippen molar-refractivity contribution >= 4 is 23.5 Å². The van der Waals surface area contributed by atoms with Crippen molar-refractivity contribution < 1.29 is 19.1 Å². The lowest BCUT2D eigenvalue weighted by Gasteiger charge is -2.40. The zero-order valence-electron chi connectivity index (χ0n) is 18.2. The largest absolute Gasteiger partial charge is 0.469 e. The molecule has 158 valence electrons. The summed E-state index contributed by atoms with van der Waals surface area (Å²) in [6, 6.07) is 6.48. The smallest absolute Gasteiger partial charge is 0.306 e. The third-order valence-corrected chi connectivity index (χ3v) is 6.41. The van der Waals surface area contributed by atoms with Gasteiger partial charge in [-0.05, 0) is 35.4 Å². The van der Waals surface area contributed by atoms with E-state index < -0.39 is 0 Å². The van der Waals surface area contributed by atoms with Crippen LogP contribution < -0.4 is 4.90 Å². The van der Waals surface area contributed by atoms with Crippen molar-refractivity contribution in [3.8, 4) is 0 Å². The molecule has 0 bridgehead atoms. The summed E-state index contributed by atoms with van der Waals surface area (Å²) in [5.41, 5.74) is 3.43. The van der Waals surface area contributed by atoms with Crippen molar-refractivity contribution in [2.24, 2.45) is 0 Å². The Morgan fingerprint density at radius 1 is 1.10 bits per heavy atom. The fourth-order valence-electron chi connectivity index (χ4n) is 4.50. The zero-order chi connectivity index (χ0) is 21.4. The Kier molecular flexibility index (Phi) is 5.74. The van der Waals surface area contributed by atoms with Crippen molar-refractivity contribution in [3.05, 3.63) is 29.3 Å². The van der Waals surface area contributed by atoms with Crippen LogP contribution in [0.25, 0.3) is 0 Å². The van der Waals surface area contributed by atoms with Gasteiger partial charge in [0.2, 0.25) is 11.8 Å². The Bertz CT molecular complexity index is 817. The summed E-state index contributed by atoms with van der Waals surface area (Å²) in [5, 5.41) is 0. The number of hydrogen-bond donors (Lipinski definition) is 0. The minimum absolute atomic E-state index is 0.00432. The standard InChI is InChI=1S/C23H32N2O4/c1-16(26)25-15-23(18-14-17(22(2,3)4)6-7-19(18)25)10-12-24(13-11-23)20(27)8-9-21(28)29-5/h6-7,14H,8-13,15H2,1-5H3. The van der Waals surface area contributed by atoms with Crippen molar-refractivity contribution in [2.75, 3.05) is 31.6 Å². The van der Waals surface area contributed by atoms with Crippen LogP contribution in [0.5, 0.6) is 0 Å². The highest BCUT2D eigenvalue weighted by Gasteiger charge is 2.46. The van der Waals surface area contributed by atoms with Crippen LogP contribution in [-0.4, -0.2) is 49.4 Å². The predicted molar refractivity (Wildman–Crippen MR) is 112 cm³/mol. The van der Waals surface area contributed by atoms with E-state index in [9.17, 15) is 14.4 Å². The minimum Gasteiger partial charge on any atom is -0.469 e. The number of methoxy groups -OCH3 is 1. The molecule has 3 rings (SSSR count). The predicted octanol–water partition coefficient (Wildman–Crippen LogP) is 3.16. The fourth-order valence-corrected chi connectivity index (χ4v) is 4.50. The Morgan fingerprint density at radius 3 is 2.31 bits per heavy atom. The van der Waals surface area contributed by atoms with E-state index in [1.807, 2.05) is 9.80 Å². The monoisotopic (exact) mass is 400 g/mol. The van der Waals surface area contributed by atoms with Gasteiger partial charge in [0.15, 0.2) is 0 Å². The molecule has 0 aromatic heterocycles. The molecule has 29 heavy (non-hydrogen) atoms. The number of anilines is 1. The van der Waals surface area contributed by atoms with Crippen LogP contribution in [0.1, 0.15) is 64.5 Å². The molecular formula is C23H32N2O4. The van der Waals surface area contributed by atoms with Gasteiger partial charge in [0.1, 0.15) is 0 Å². The second kappa shape index (κ2) is 7.81. The number of likely N-dealkylation sites (tertiary alicyclic amines) is 1. The van der Waals surface area contributed by atoms with Crippen LogP contribution in [-0.2, 0) is 30.0 Å². The summed E-state index contributed by atoms with van der Waals surface area (Å²) in [4.78, 5) is 39.8. The van der Waals surface area contributed by atoms with Crippen molar-refractivity contribution in [2.45, 2.75) is 64.2 Å². The van der Waals surface area contributed by atoms with Gasteiger partial charge in [0.25, 0.3) is 0 Å². The first-order valence-electron chi connectivity index (χ1n) is 10.4. The average Bonchev–Trinajstić information content (AvgIpc) is 2.99. The summed E-state index contributed by atoms with van der Waals surface area (Å²) in [6.07, 6.45) is 1.94. The van der Waals surface area contributed by atoms with Crippen LogP contribution in [0.3, 0.4) is 0 Å². The Balaban J connectivity index is 1.81. The van der Waals surface area contributed by atoms with Gasteiger partial charge >= 0.3 is 5.97 Å². The third-order valence-electron chi connectivity index (χ3n) is 6.41. The SMILES string of the molecule is COC(=O)CCC(=O)N1CCC2(CC1)CN(C(C)=O)c1ccc(C(C)(C)C)cc12. The molecule has 6 nitrogen and oxygen atoms in total.